The summed E-state index contributed by atoms with van der Waals surface area (Å²) < 4.78 is 5.03. The maximum Gasteiger partial charge on any atom is 0.310 e. The Labute approximate surface area is 140 Å². The Morgan fingerprint density at radius 3 is 2.83 bits per heavy atom. The fourth-order valence-electron chi connectivity index (χ4n) is 3.36. The third-order valence-corrected chi connectivity index (χ3v) is 4.62. The SMILES string of the molecule is COc1cc(C(=O)N2CCC3CNCC3C2)ccc1[N+](=O)[O-].Cl. The first kappa shape index (κ1) is 17.5. The number of nitrogens with zero attached hydrogens (tertiary/aromatic N) is 2. The summed E-state index contributed by atoms with van der Waals surface area (Å²) in [7, 11) is 1.37. The number of amides is 1. The van der Waals surface area contributed by atoms with E-state index in [0.717, 1.165) is 32.6 Å². The number of rotatable bonds is 3. The molecule has 1 N–H and O–H groups in total. The van der Waals surface area contributed by atoms with Crippen molar-refractivity contribution in [2.24, 2.45) is 11.8 Å². The molecule has 23 heavy (non-hydrogen) atoms. The van der Waals surface area contributed by atoms with Gasteiger partial charge in [0.05, 0.1) is 12.0 Å². The topological polar surface area (TPSA) is 84.7 Å². The van der Waals surface area contributed by atoms with Gasteiger partial charge in [-0.25, -0.2) is 0 Å². The Kier molecular flexibility index (Phi) is 5.43. The quantitative estimate of drug-likeness (QED) is 0.668. The predicted octanol–water partition coefficient (Wildman–Crippen LogP) is 1.71. The van der Waals surface area contributed by atoms with E-state index in [0.29, 0.717) is 17.4 Å². The molecule has 0 aliphatic carbocycles. The van der Waals surface area contributed by atoms with E-state index in [1.807, 2.05) is 4.90 Å². The zero-order valence-electron chi connectivity index (χ0n) is 12.9. The molecular formula is C15H20ClN3O4. The molecular weight excluding hydrogens is 322 g/mol. The van der Waals surface area contributed by atoms with Gasteiger partial charge in [0.2, 0.25) is 0 Å². The molecule has 1 aromatic rings. The Morgan fingerprint density at radius 1 is 1.39 bits per heavy atom. The first-order chi connectivity index (χ1) is 10.6. The van der Waals surface area contributed by atoms with E-state index < -0.39 is 4.92 Å². The highest BCUT2D eigenvalue weighted by atomic mass is 35.5. The molecule has 0 bridgehead atoms. The molecule has 3 rings (SSSR count). The summed E-state index contributed by atoms with van der Waals surface area (Å²) >= 11 is 0. The van der Waals surface area contributed by atoms with Crippen molar-refractivity contribution in [3.05, 3.63) is 33.9 Å². The van der Waals surface area contributed by atoms with Crippen molar-refractivity contribution in [1.29, 1.82) is 0 Å². The number of nitro benzene ring substituents is 1. The van der Waals surface area contributed by atoms with Gasteiger partial charge in [-0.05, 0) is 37.4 Å². The Morgan fingerprint density at radius 2 is 2.13 bits per heavy atom. The van der Waals surface area contributed by atoms with Gasteiger partial charge in [0.15, 0.2) is 5.75 Å². The third kappa shape index (κ3) is 3.40. The van der Waals surface area contributed by atoms with Gasteiger partial charge in [-0.2, -0.15) is 0 Å². The molecule has 126 valence electrons. The first-order valence-electron chi connectivity index (χ1n) is 7.42. The molecule has 2 aliphatic heterocycles. The summed E-state index contributed by atoms with van der Waals surface area (Å²) in [6.07, 6.45) is 1.01. The van der Waals surface area contributed by atoms with Gasteiger partial charge >= 0.3 is 5.69 Å². The molecule has 1 aromatic carbocycles. The van der Waals surface area contributed by atoms with Gasteiger partial charge in [0, 0.05) is 30.8 Å². The van der Waals surface area contributed by atoms with E-state index in [9.17, 15) is 14.9 Å². The van der Waals surface area contributed by atoms with Crippen LogP contribution in [0.1, 0.15) is 16.8 Å². The summed E-state index contributed by atoms with van der Waals surface area (Å²) in [4.78, 5) is 24.9. The first-order valence-corrected chi connectivity index (χ1v) is 7.42. The highest BCUT2D eigenvalue weighted by molar-refractivity contribution is 5.95. The number of hydrogen-bond acceptors (Lipinski definition) is 5. The van der Waals surface area contributed by atoms with Crippen molar-refractivity contribution in [3.8, 4) is 5.75 Å². The van der Waals surface area contributed by atoms with Gasteiger partial charge in [-0.1, -0.05) is 0 Å². The number of nitrogens with one attached hydrogen (secondary N) is 1. The zero-order chi connectivity index (χ0) is 15.7. The van der Waals surface area contributed by atoms with Crippen LogP contribution < -0.4 is 10.1 Å². The summed E-state index contributed by atoms with van der Waals surface area (Å²) in [6, 6.07) is 4.29. The number of piperidine rings is 1. The second-order valence-electron chi connectivity index (χ2n) is 5.86. The lowest BCUT2D eigenvalue weighted by molar-refractivity contribution is -0.385. The molecule has 8 heteroatoms. The van der Waals surface area contributed by atoms with Crippen molar-refractivity contribution in [1.82, 2.24) is 10.2 Å². The third-order valence-electron chi connectivity index (χ3n) is 4.62. The zero-order valence-corrected chi connectivity index (χ0v) is 13.7. The number of fused-ring (bicyclic) bond motifs is 1. The minimum atomic E-state index is -0.511. The van der Waals surface area contributed by atoms with Crippen molar-refractivity contribution >= 4 is 24.0 Å². The van der Waals surface area contributed by atoms with Crippen LogP contribution in [0, 0.1) is 22.0 Å². The number of hydrogen-bond donors (Lipinski definition) is 1. The normalized spacial score (nSPS) is 22.9. The summed E-state index contributed by atoms with van der Waals surface area (Å²) in [6.45, 7) is 3.48. The predicted molar refractivity (Wildman–Crippen MR) is 87.3 cm³/mol. The smallest absolute Gasteiger partial charge is 0.310 e. The molecule has 2 unspecified atom stereocenters. The van der Waals surface area contributed by atoms with Crippen molar-refractivity contribution in [2.45, 2.75) is 6.42 Å². The number of ether oxygens (including phenoxy) is 1. The van der Waals surface area contributed by atoms with Crippen LogP contribution in [0.15, 0.2) is 18.2 Å². The fourth-order valence-corrected chi connectivity index (χ4v) is 3.36. The number of nitro groups is 1. The average Bonchev–Trinajstić information content (AvgIpc) is 3.00. The maximum absolute atomic E-state index is 12.6. The molecule has 2 heterocycles. The summed E-state index contributed by atoms with van der Waals surface area (Å²) in [5.41, 5.74) is 0.310. The lowest BCUT2D eigenvalue weighted by Gasteiger charge is -2.34. The van der Waals surface area contributed by atoms with Crippen LogP contribution in [0.25, 0.3) is 0 Å². The number of benzene rings is 1. The van der Waals surface area contributed by atoms with Crippen LogP contribution in [0.2, 0.25) is 0 Å². The van der Waals surface area contributed by atoms with Crippen LogP contribution in [0.5, 0.6) is 5.75 Å². The standard InChI is InChI=1S/C15H19N3O4.ClH/c1-22-14-6-10(2-3-13(14)18(20)21)15(19)17-5-4-11-7-16-8-12(11)9-17;/h2-3,6,11-12,16H,4-5,7-9H2,1H3;1H. The van der Waals surface area contributed by atoms with Crippen LogP contribution in [0.4, 0.5) is 5.69 Å². The Bertz CT molecular complexity index is 610. The molecule has 1 amide bonds. The van der Waals surface area contributed by atoms with Crippen LogP contribution in [-0.4, -0.2) is 49.0 Å². The van der Waals surface area contributed by atoms with Crippen molar-refractivity contribution < 1.29 is 14.5 Å². The van der Waals surface area contributed by atoms with E-state index in [-0.39, 0.29) is 29.8 Å². The number of carbonyl (C=O) groups is 1. The van der Waals surface area contributed by atoms with Crippen molar-refractivity contribution in [3.63, 3.8) is 0 Å². The largest absolute Gasteiger partial charge is 0.490 e. The van der Waals surface area contributed by atoms with Crippen molar-refractivity contribution in [2.75, 3.05) is 33.3 Å². The monoisotopic (exact) mass is 341 g/mol. The Hall–Kier alpha value is -1.86. The highest BCUT2D eigenvalue weighted by Gasteiger charge is 2.35. The minimum Gasteiger partial charge on any atom is -0.490 e. The number of halogens is 1. The maximum atomic E-state index is 12.6. The van der Waals surface area contributed by atoms with Gasteiger partial charge in [0.1, 0.15) is 0 Å². The summed E-state index contributed by atoms with van der Waals surface area (Å²) in [5.74, 6) is 1.21. The fraction of sp³-hybridized carbons (Fsp3) is 0.533. The summed E-state index contributed by atoms with van der Waals surface area (Å²) in [5, 5.41) is 14.3. The lowest BCUT2D eigenvalue weighted by Crippen LogP contribution is -2.43. The second-order valence-corrected chi connectivity index (χ2v) is 5.86. The average molecular weight is 342 g/mol. The second kappa shape index (κ2) is 7.14. The van der Waals surface area contributed by atoms with Gasteiger partial charge in [0.25, 0.3) is 5.91 Å². The molecule has 0 saturated carbocycles. The molecule has 2 aliphatic rings. The number of likely N-dealkylation sites (tertiary alicyclic amines) is 1. The van der Waals surface area contributed by atoms with E-state index in [1.54, 1.807) is 0 Å². The molecule has 0 aromatic heterocycles. The number of carbonyl (C=O) groups excluding carboxylic acids is 1. The van der Waals surface area contributed by atoms with Crippen LogP contribution in [-0.2, 0) is 0 Å². The number of methoxy groups -OCH3 is 1. The van der Waals surface area contributed by atoms with Crippen LogP contribution >= 0.6 is 12.4 Å². The van der Waals surface area contributed by atoms with Crippen LogP contribution in [0.3, 0.4) is 0 Å². The lowest BCUT2D eigenvalue weighted by atomic mass is 9.88. The van der Waals surface area contributed by atoms with E-state index in [1.165, 1.54) is 25.3 Å². The van der Waals surface area contributed by atoms with E-state index >= 15 is 0 Å². The highest BCUT2D eigenvalue weighted by Crippen LogP contribution is 2.30. The molecule has 0 radical (unpaired) electrons. The Balaban J connectivity index is 0.00000192. The van der Waals surface area contributed by atoms with Gasteiger partial charge < -0.3 is 15.0 Å². The molecule has 2 atom stereocenters. The van der Waals surface area contributed by atoms with Gasteiger partial charge in [-0.15, -0.1) is 12.4 Å². The van der Waals surface area contributed by atoms with E-state index in [4.69, 9.17) is 4.74 Å². The molecule has 2 fully saturated rings. The molecule has 7 nitrogen and oxygen atoms in total. The molecule has 2 saturated heterocycles. The molecule has 0 spiro atoms. The van der Waals surface area contributed by atoms with Gasteiger partial charge in [-0.3, -0.25) is 14.9 Å². The minimum absolute atomic E-state index is 0. The van der Waals surface area contributed by atoms with E-state index in [2.05, 4.69) is 5.32 Å².